The highest BCUT2D eigenvalue weighted by Gasteiger charge is 2.12. The normalized spacial score (nSPS) is 14.2. The standard InChI is InChI=1S/C12H19BrN2O2S/c1-4-15-8-10(13)7-11(15)12(16)14-6-5-9(2)18(3)17/h7-9H,4-6H2,1-3H3,(H,14,16). The molecule has 1 rings (SSSR count). The monoisotopic (exact) mass is 334 g/mol. The van der Waals surface area contributed by atoms with Crippen molar-refractivity contribution in [3.8, 4) is 0 Å². The maximum atomic E-state index is 12.0. The second-order valence-electron chi connectivity index (χ2n) is 4.18. The van der Waals surface area contributed by atoms with Gasteiger partial charge < -0.3 is 9.88 Å². The van der Waals surface area contributed by atoms with Crippen LogP contribution in [0.1, 0.15) is 30.8 Å². The fourth-order valence-corrected chi connectivity index (χ4v) is 2.49. The molecule has 0 radical (unpaired) electrons. The van der Waals surface area contributed by atoms with E-state index in [1.165, 1.54) is 0 Å². The van der Waals surface area contributed by atoms with E-state index >= 15 is 0 Å². The first-order chi connectivity index (χ1) is 8.45. The maximum absolute atomic E-state index is 12.0. The zero-order valence-corrected chi connectivity index (χ0v) is 13.3. The molecular formula is C12H19BrN2O2S. The summed E-state index contributed by atoms with van der Waals surface area (Å²) in [7, 11) is -0.835. The Hall–Kier alpha value is -0.620. The summed E-state index contributed by atoms with van der Waals surface area (Å²) in [5.74, 6) is -0.0864. The van der Waals surface area contributed by atoms with E-state index < -0.39 is 10.8 Å². The van der Waals surface area contributed by atoms with Crippen LogP contribution >= 0.6 is 15.9 Å². The van der Waals surface area contributed by atoms with Crippen molar-refractivity contribution in [2.45, 2.75) is 32.1 Å². The Morgan fingerprint density at radius 2 is 2.28 bits per heavy atom. The van der Waals surface area contributed by atoms with Gasteiger partial charge in [-0.2, -0.15) is 0 Å². The first kappa shape index (κ1) is 15.4. The lowest BCUT2D eigenvalue weighted by Gasteiger charge is -2.10. The minimum Gasteiger partial charge on any atom is -0.351 e. The zero-order chi connectivity index (χ0) is 13.7. The summed E-state index contributed by atoms with van der Waals surface area (Å²) < 4.78 is 14.0. The van der Waals surface area contributed by atoms with Crippen molar-refractivity contribution in [2.75, 3.05) is 12.8 Å². The number of hydrogen-bond donors (Lipinski definition) is 1. The van der Waals surface area contributed by atoms with Crippen molar-refractivity contribution >= 4 is 32.6 Å². The van der Waals surface area contributed by atoms with Crippen molar-refractivity contribution in [2.24, 2.45) is 0 Å². The molecule has 1 amide bonds. The van der Waals surface area contributed by atoms with E-state index in [1.54, 1.807) is 12.3 Å². The highest BCUT2D eigenvalue weighted by molar-refractivity contribution is 9.10. The molecule has 0 fully saturated rings. The van der Waals surface area contributed by atoms with Crippen LogP contribution in [0.4, 0.5) is 0 Å². The molecule has 0 aliphatic rings. The number of halogens is 1. The van der Waals surface area contributed by atoms with Gasteiger partial charge in [-0.3, -0.25) is 9.00 Å². The van der Waals surface area contributed by atoms with Crippen molar-refractivity contribution in [1.29, 1.82) is 0 Å². The minimum atomic E-state index is -0.835. The fourth-order valence-electron chi connectivity index (χ4n) is 1.57. The van der Waals surface area contributed by atoms with Crippen molar-refractivity contribution in [3.05, 3.63) is 22.4 Å². The number of nitrogens with one attached hydrogen (secondary N) is 1. The van der Waals surface area contributed by atoms with Crippen LogP contribution in [0.15, 0.2) is 16.7 Å². The molecule has 0 aliphatic carbocycles. The Morgan fingerprint density at radius 1 is 1.61 bits per heavy atom. The number of carbonyl (C=O) groups excluding carboxylic acids is 1. The Bertz CT molecular complexity index is 445. The van der Waals surface area contributed by atoms with Gasteiger partial charge in [0.15, 0.2) is 0 Å². The molecule has 0 aliphatic heterocycles. The molecule has 1 aromatic rings. The lowest BCUT2D eigenvalue weighted by molar-refractivity contribution is 0.0944. The quantitative estimate of drug-likeness (QED) is 0.866. The summed E-state index contributed by atoms with van der Waals surface area (Å²) in [6.07, 6.45) is 4.30. The van der Waals surface area contributed by atoms with Crippen LogP contribution in [0, 0.1) is 0 Å². The third kappa shape index (κ3) is 4.24. The van der Waals surface area contributed by atoms with Crippen LogP contribution in [0.2, 0.25) is 0 Å². The zero-order valence-electron chi connectivity index (χ0n) is 10.9. The number of hydrogen-bond acceptors (Lipinski definition) is 2. The molecule has 0 spiro atoms. The van der Waals surface area contributed by atoms with Gasteiger partial charge >= 0.3 is 0 Å². The molecule has 102 valence electrons. The summed E-state index contributed by atoms with van der Waals surface area (Å²) in [5.41, 5.74) is 0.648. The summed E-state index contributed by atoms with van der Waals surface area (Å²) >= 11 is 3.36. The van der Waals surface area contributed by atoms with Gasteiger partial charge in [0.2, 0.25) is 0 Å². The Balaban J connectivity index is 2.52. The summed E-state index contributed by atoms with van der Waals surface area (Å²) in [6.45, 7) is 5.22. The molecule has 6 heteroatoms. The van der Waals surface area contributed by atoms with Gasteiger partial charge in [-0.1, -0.05) is 6.92 Å². The summed E-state index contributed by atoms with van der Waals surface area (Å²) in [4.78, 5) is 12.0. The van der Waals surface area contributed by atoms with E-state index in [4.69, 9.17) is 0 Å². The van der Waals surface area contributed by atoms with Gasteiger partial charge in [0.1, 0.15) is 5.69 Å². The van der Waals surface area contributed by atoms with Crippen molar-refractivity contribution < 1.29 is 9.00 Å². The average molecular weight is 335 g/mol. The number of nitrogens with zero attached hydrogens (tertiary/aromatic N) is 1. The molecule has 1 heterocycles. The van der Waals surface area contributed by atoms with E-state index in [0.29, 0.717) is 12.2 Å². The Kier molecular flexibility index (Phi) is 6.08. The molecule has 2 atom stereocenters. The highest BCUT2D eigenvalue weighted by Crippen LogP contribution is 2.14. The summed E-state index contributed by atoms with van der Waals surface area (Å²) in [5, 5.41) is 2.96. The van der Waals surface area contributed by atoms with Gasteiger partial charge in [0.05, 0.1) is 0 Å². The molecule has 1 aromatic heterocycles. The van der Waals surface area contributed by atoms with Gasteiger partial charge in [0.25, 0.3) is 5.91 Å². The van der Waals surface area contributed by atoms with Gasteiger partial charge in [-0.05, 0) is 35.3 Å². The van der Waals surface area contributed by atoms with E-state index in [-0.39, 0.29) is 11.2 Å². The molecule has 0 aromatic carbocycles. The second-order valence-corrected chi connectivity index (χ2v) is 6.90. The van der Waals surface area contributed by atoms with Crippen molar-refractivity contribution in [1.82, 2.24) is 9.88 Å². The average Bonchev–Trinajstić information content (AvgIpc) is 2.70. The lowest BCUT2D eigenvalue weighted by atomic mass is 10.3. The molecule has 0 saturated heterocycles. The molecule has 2 unspecified atom stereocenters. The molecular weight excluding hydrogens is 316 g/mol. The highest BCUT2D eigenvalue weighted by atomic mass is 79.9. The number of carbonyl (C=O) groups is 1. The number of rotatable bonds is 6. The number of amides is 1. The first-order valence-electron chi connectivity index (χ1n) is 5.91. The summed E-state index contributed by atoms with van der Waals surface area (Å²) in [6, 6.07) is 1.81. The number of aromatic nitrogens is 1. The molecule has 0 saturated carbocycles. The topological polar surface area (TPSA) is 51.1 Å². The van der Waals surface area contributed by atoms with Crippen LogP contribution in [-0.4, -0.2) is 32.7 Å². The van der Waals surface area contributed by atoms with Crippen LogP contribution in [-0.2, 0) is 17.3 Å². The van der Waals surface area contributed by atoms with Crippen LogP contribution in [0.25, 0.3) is 0 Å². The lowest BCUT2D eigenvalue weighted by Crippen LogP contribution is -2.29. The second kappa shape index (κ2) is 7.09. The van der Waals surface area contributed by atoms with Gasteiger partial charge in [0, 0.05) is 46.1 Å². The predicted molar refractivity (Wildman–Crippen MR) is 78.3 cm³/mol. The third-order valence-corrected chi connectivity index (χ3v) is 4.64. The molecule has 1 N–H and O–H groups in total. The SMILES string of the molecule is CCn1cc(Br)cc1C(=O)NCCC(C)S(C)=O. The Labute approximate surface area is 119 Å². The van der Waals surface area contributed by atoms with E-state index in [1.807, 2.05) is 24.6 Å². The van der Waals surface area contributed by atoms with Crippen LogP contribution in [0.5, 0.6) is 0 Å². The van der Waals surface area contributed by atoms with Crippen LogP contribution < -0.4 is 5.32 Å². The van der Waals surface area contributed by atoms with Crippen molar-refractivity contribution in [3.63, 3.8) is 0 Å². The largest absolute Gasteiger partial charge is 0.351 e. The van der Waals surface area contributed by atoms with E-state index in [0.717, 1.165) is 17.4 Å². The number of aryl methyl sites for hydroxylation is 1. The van der Waals surface area contributed by atoms with E-state index in [2.05, 4.69) is 21.2 Å². The van der Waals surface area contributed by atoms with Gasteiger partial charge in [-0.25, -0.2) is 0 Å². The van der Waals surface area contributed by atoms with Gasteiger partial charge in [-0.15, -0.1) is 0 Å². The third-order valence-electron chi connectivity index (χ3n) is 2.84. The minimum absolute atomic E-state index is 0.0864. The fraction of sp³-hybridized carbons (Fsp3) is 0.583. The maximum Gasteiger partial charge on any atom is 0.267 e. The van der Waals surface area contributed by atoms with Crippen LogP contribution in [0.3, 0.4) is 0 Å². The molecule has 0 bridgehead atoms. The van der Waals surface area contributed by atoms with E-state index in [9.17, 15) is 9.00 Å². The predicted octanol–water partition coefficient (Wildman–Crippen LogP) is 2.16. The smallest absolute Gasteiger partial charge is 0.267 e. The molecule has 18 heavy (non-hydrogen) atoms. The molecule has 4 nitrogen and oxygen atoms in total. The first-order valence-corrected chi connectivity index (χ1v) is 8.33. The Morgan fingerprint density at radius 3 is 2.83 bits per heavy atom.